The van der Waals surface area contributed by atoms with Gasteiger partial charge in [0.05, 0.1) is 23.7 Å². The number of benzene rings is 1. The number of nitrogens with zero attached hydrogens (tertiary/aromatic N) is 1. The van der Waals surface area contributed by atoms with E-state index in [1.807, 2.05) is 32.0 Å². The van der Waals surface area contributed by atoms with Crippen molar-refractivity contribution in [3.8, 4) is 5.75 Å². The number of aryl methyl sites for hydroxylation is 1. The second-order valence-electron chi connectivity index (χ2n) is 7.51. The Hall–Kier alpha value is -1.80. The maximum absolute atomic E-state index is 12.2. The van der Waals surface area contributed by atoms with E-state index in [1.165, 1.54) is 0 Å². The summed E-state index contributed by atoms with van der Waals surface area (Å²) in [6.07, 6.45) is 0. The summed E-state index contributed by atoms with van der Waals surface area (Å²) in [6.45, 7) is 11.5. The number of nitrogens with one attached hydrogen (secondary N) is 2. The van der Waals surface area contributed by atoms with Gasteiger partial charge in [0.25, 0.3) is 0 Å². The summed E-state index contributed by atoms with van der Waals surface area (Å²) >= 11 is 0. The lowest BCUT2D eigenvalue weighted by molar-refractivity contribution is 0.146. The largest absolute Gasteiger partial charge is 0.491 e. The van der Waals surface area contributed by atoms with Gasteiger partial charge in [-0.15, -0.1) is 0 Å². The number of methoxy groups -OCH3 is 1. The molecule has 1 aromatic carbocycles. The van der Waals surface area contributed by atoms with Crippen molar-refractivity contribution >= 4 is 15.8 Å². The molecule has 0 aliphatic rings. The lowest BCUT2D eigenvalue weighted by Crippen LogP contribution is -2.41. The summed E-state index contributed by atoms with van der Waals surface area (Å²) < 4.78 is 34.6. The van der Waals surface area contributed by atoms with Crippen LogP contribution in [0, 0.1) is 6.92 Å². The second-order valence-corrected chi connectivity index (χ2v) is 10.4. The molecule has 1 rings (SSSR count). The molecule has 0 saturated heterocycles. The van der Waals surface area contributed by atoms with E-state index < -0.39 is 14.6 Å². The zero-order valence-corrected chi connectivity index (χ0v) is 18.8. The SMILES string of the molecule is CCNC(=NCc1ccc(C)cc1OCCOC)NCCS(=O)(=O)C(C)(C)C. The van der Waals surface area contributed by atoms with Gasteiger partial charge in [0.2, 0.25) is 0 Å². The smallest absolute Gasteiger partial charge is 0.191 e. The fourth-order valence-corrected chi connectivity index (χ4v) is 3.26. The predicted octanol–water partition coefficient (Wildman–Crippen LogP) is 2.29. The van der Waals surface area contributed by atoms with E-state index in [0.29, 0.717) is 38.8 Å². The maximum atomic E-state index is 12.2. The Balaban J connectivity index is 2.79. The van der Waals surface area contributed by atoms with Crippen LogP contribution in [0.25, 0.3) is 0 Å². The van der Waals surface area contributed by atoms with Gasteiger partial charge in [-0.1, -0.05) is 12.1 Å². The fraction of sp³-hybridized carbons (Fsp3) is 0.650. The number of sulfone groups is 1. The van der Waals surface area contributed by atoms with E-state index >= 15 is 0 Å². The molecule has 0 aromatic heterocycles. The molecule has 0 unspecified atom stereocenters. The molecule has 2 N–H and O–H groups in total. The molecule has 28 heavy (non-hydrogen) atoms. The Morgan fingerprint density at radius 1 is 1.18 bits per heavy atom. The molecule has 0 atom stereocenters. The van der Waals surface area contributed by atoms with Crippen LogP contribution in [0.2, 0.25) is 0 Å². The van der Waals surface area contributed by atoms with Crippen LogP contribution in [0.5, 0.6) is 5.75 Å². The molecular weight excluding hydrogens is 378 g/mol. The van der Waals surface area contributed by atoms with E-state index in [4.69, 9.17) is 9.47 Å². The molecule has 7 nitrogen and oxygen atoms in total. The third-order valence-corrected chi connectivity index (χ3v) is 6.72. The predicted molar refractivity (Wildman–Crippen MR) is 115 cm³/mol. The van der Waals surface area contributed by atoms with Crippen LogP contribution in [0.15, 0.2) is 23.2 Å². The average Bonchev–Trinajstić information content (AvgIpc) is 2.60. The molecule has 0 bridgehead atoms. The van der Waals surface area contributed by atoms with Crippen LogP contribution in [0.4, 0.5) is 0 Å². The van der Waals surface area contributed by atoms with Crippen molar-refractivity contribution in [1.29, 1.82) is 0 Å². The van der Waals surface area contributed by atoms with Gasteiger partial charge in [-0.3, -0.25) is 0 Å². The highest BCUT2D eigenvalue weighted by atomic mass is 32.2. The molecule has 0 fully saturated rings. The normalized spacial score (nSPS) is 12.7. The van der Waals surface area contributed by atoms with Gasteiger partial charge in [-0.25, -0.2) is 13.4 Å². The molecule has 0 saturated carbocycles. The maximum Gasteiger partial charge on any atom is 0.191 e. The fourth-order valence-electron chi connectivity index (χ4n) is 2.28. The first kappa shape index (κ1) is 24.2. The van der Waals surface area contributed by atoms with Gasteiger partial charge in [0.15, 0.2) is 15.8 Å². The molecule has 0 aliphatic carbocycles. The van der Waals surface area contributed by atoms with Crippen molar-refractivity contribution in [1.82, 2.24) is 10.6 Å². The van der Waals surface area contributed by atoms with E-state index in [0.717, 1.165) is 16.9 Å². The third-order valence-electron chi connectivity index (χ3n) is 4.12. The number of ether oxygens (including phenoxy) is 2. The molecule has 160 valence electrons. The molecular formula is C20H35N3O4S. The molecule has 0 amide bonds. The zero-order chi connectivity index (χ0) is 21.2. The summed E-state index contributed by atoms with van der Waals surface area (Å²) in [5.41, 5.74) is 2.07. The monoisotopic (exact) mass is 413 g/mol. The first-order valence-electron chi connectivity index (χ1n) is 9.56. The Labute approximate surface area is 169 Å². The number of aliphatic imine (C=N–C) groups is 1. The number of hydrogen-bond donors (Lipinski definition) is 2. The number of hydrogen-bond acceptors (Lipinski definition) is 5. The van der Waals surface area contributed by atoms with Crippen molar-refractivity contribution in [3.63, 3.8) is 0 Å². The lowest BCUT2D eigenvalue weighted by Gasteiger charge is -2.20. The molecule has 0 spiro atoms. The van der Waals surface area contributed by atoms with Crippen molar-refractivity contribution in [2.75, 3.05) is 39.2 Å². The molecule has 1 aromatic rings. The van der Waals surface area contributed by atoms with Gasteiger partial charge < -0.3 is 20.1 Å². The van der Waals surface area contributed by atoms with E-state index in [2.05, 4.69) is 15.6 Å². The first-order chi connectivity index (χ1) is 13.1. The molecule has 0 aliphatic heterocycles. The van der Waals surface area contributed by atoms with Crippen LogP contribution in [-0.2, 0) is 21.1 Å². The van der Waals surface area contributed by atoms with Crippen molar-refractivity contribution in [3.05, 3.63) is 29.3 Å². The Kier molecular flexibility index (Phi) is 9.75. The Morgan fingerprint density at radius 2 is 1.89 bits per heavy atom. The van der Waals surface area contributed by atoms with Crippen molar-refractivity contribution in [2.45, 2.75) is 45.9 Å². The van der Waals surface area contributed by atoms with Crippen molar-refractivity contribution < 1.29 is 17.9 Å². The summed E-state index contributed by atoms with van der Waals surface area (Å²) in [7, 11) is -1.54. The highest BCUT2D eigenvalue weighted by molar-refractivity contribution is 7.92. The van der Waals surface area contributed by atoms with Gasteiger partial charge in [0.1, 0.15) is 12.4 Å². The van der Waals surface area contributed by atoms with Crippen LogP contribution in [0.1, 0.15) is 38.8 Å². The van der Waals surface area contributed by atoms with Crippen LogP contribution in [-0.4, -0.2) is 58.3 Å². The highest BCUT2D eigenvalue weighted by Crippen LogP contribution is 2.21. The van der Waals surface area contributed by atoms with Crippen LogP contribution in [0.3, 0.4) is 0 Å². The highest BCUT2D eigenvalue weighted by Gasteiger charge is 2.28. The number of guanidine groups is 1. The van der Waals surface area contributed by atoms with Gasteiger partial charge in [0, 0.05) is 25.8 Å². The second kappa shape index (κ2) is 11.3. The topological polar surface area (TPSA) is 89.0 Å². The Bertz CT molecular complexity index is 740. The summed E-state index contributed by atoms with van der Waals surface area (Å²) in [6, 6.07) is 6.00. The molecule has 8 heteroatoms. The zero-order valence-electron chi connectivity index (χ0n) is 18.0. The van der Waals surface area contributed by atoms with Gasteiger partial charge >= 0.3 is 0 Å². The standard InChI is InChI=1S/C20H35N3O4S/c1-7-21-19(22-10-13-28(24,25)20(3,4)5)23-15-17-9-8-16(2)14-18(17)27-12-11-26-6/h8-9,14H,7,10-13,15H2,1-6H3,(H2,21,22,23). The molecule has 0 radical (unpaired) electrons. The summed E-state index contributed by atoms with van der Waals surface area (Å²) in [5, 5.41) is 6.25. The van der Waals surface area contributed by atoms with E-state index in [9.17, 15) is 8.42 Å². The average molecular weight is 414 g/mol. The Morgan fingerprint density at radius 3 is 2.50 bits per heavy atom. The van der Waals surface area contributed by atoms with E-state index in [1.54, 1.807) is 27.9 Å². The minimum Gasteiger partial charge on any atom is -0.491 e. The third kappa shape index (κ3) is 8.06. The van der Waals surface area contributed by atoms with Gasteiger partial charge in [-0.05, 0) is 46.2 Å². The van der Waals surface area contributed by atoms with Crippen molar-refractivity contribution in [2.24, 2.45) is 4.99 Å². The molecule has 0 heterocycles. The van der Waals surface area contributed by atoms with Gasteiger partial charge in [-0.2, -0.15) is 0 Å². The first-order valence-corrected chi connectivity index (χ1v) is 11.2. The van der Waals surface area contributed by atoms with Crippen LogP contribution < -0.4 is 15.4 Å². The quantitative estimate of drug-likeness (QED) is 0.348. The lowest BCUT2D eigenvalue weighted by atomic mass is 10.1. The summed E-state index contributed by atoms with van der Waals surface area (Å²) in [5.74, 6) is 1.42. The van der Waals surface area contributed by atoms with Crippen LogP contribution >= 0.6 is 0 Å². The summed E-state index contributed by atoms with van der Waals surface area (Å²) in [4.78, 5) is 4.57. The minimum atomic E-state index is -3.18. The number of rotatable bonds is 10. The van der Waals surface area contributed by atoms with E-state index in [-0.39, 0.29) is 5.75 Å². The minimum absolute atomic E-state index is 0.0524.